The summed E-state index contributed by atoms with van der Waals surface area (Å²) in [6.45, 7) is 0. The predicted molar refractivity (Wildman–Crippen MR) is 28.2 cm³/mol. The van der Waals surface area contributed by atoms with E-state index in [2.05, 4.69) is 42.3 Å². The van der Waals surface area contributed by atoms with Crippen LogP contribution in [0.25, 0.3) is 0 Å². The Hall–Kier alpha value is 1.56. The second-order valence-corrected chi connectivity index (χ2v) is 25.8. The van der Waals surface area contributed by atoms with Gasteiger partial charge in [0.2, 0.25) is 0 Å². The van der Waals surface area contributed by atoms with Crippen LogP contribution in [0.5, 0.6) is 0 Å². The van der Waals surface area contributed by atoms with E-state index in [9.17, 15) is 7.67 Å². The molecule has 0 bridgehead atoms. The van der Waals surface area contributed by atoms with E-state index in [1.807, 2.05) is 0 Å². The Morgan fingerprint density at radius 3 is 1.00 bits per heavy atom. The molecule has 0 aromatic rings. The van der Waals surface area contributed by atoms with Crippen LogP contribution in [0.2, 0.25) is 0 Å². The van der Waals surface area contributed by atoms with E-state index in [0.29, 0.717) is 0 Å². The topological polar surface area (TPSA) is 34.1 Å². The molecule has 0 atom stereocenters. The summed E-state index contributed by atoms with van der Waals surface area (Å²) >= 11 is 7.07. The van der Waals surface area contributed by atoms with E-state index in [1.54, 1.807) is 0 Å². The Morgan fingerprint density at radius 1 is 1.00 bits per heavy atom. The normalized spacial score (nSPS) is 18.8. The van der Waals surface area contributed by atoms with Crippen LogP contribution in [0.4, 0.5) is 0 Å². The molecule has 0 aliphatic heterocycles. The van der Waals surface area contributed by atoms with Crippen LogP contribution in [0.3, 0.4) is 0 Å². The van der Waals surface area contributed by atoms with Gasteiger partial charge in [-0.05, 0) is 0 Å². The van der Waals surface area contributed by atoms with Gasteiger partial charge in [0, 0.05) is 0 Å². The van der Waals surface area contributed by atoms with Crippen LogP contribution in [0, 0.1) is 0 Å². The number of hydrogen-bond donors (Lipinski definition) is 0. The minimum atomic E-state index is -4.32. The number of hydrogen-bond acceptors (Lipinski definition) is 2. The summed E-state index contributed by atoms with van der Waals surface area (Å²) in [4.78, 5) is 0. The molecule has 0 radical (unpaired) electrons. The summed E-state index contributed by atoms with van der Waals surface area (Å²) in [6, 6.07) is 0. The third-order valence-electron chi connectivity index (χ3n) is 0. The Bertz CT molecular complexity index is 135. The van der Waals surface area contributed by atoms with Gasteiger partial charge in [0.1, 0.15) is 0 Å². The van der Waals surface area contributed by atoms with Crippen molar-refractivity contribution >= 4 is 42.3 Å². The molecule has 40 valence electrons. The maximum absolute atomic E-state index is 10.0. The first kappa shape index (κ1) is 7.56. The third kappa shape index (κ3) is 47.5. The van der Waals surface area contributed by atoms with Gasteiger partial charge in [-0.15, -0.1) is 0 Å². The Morgan fingerprint density at radius 2 is 1.00 bits per heavy atom. The first-order valence-corrected chi connectivity index (χ1v) is 10.5. The second kappa shape index (κ2) is 1.52. The van der Waals surface area contributed by atoms with Crippen LogP contribution in [0.1, 0.15) is 0 Å². The number of halogens is 3. The molecule has 0 aliphatic carbocycles. The van der Waals surface area contributed by atoms with E-state index in [4.69, 9.17) is 0 Å². The standard InChI is InChI=1S/3BrH.Mn.2O/h3*1H;;;/q;;;+3;;/p-3. The quantitative estimate of drug-likeness (QED) is 0.640. The van der Waals surface area contributed by atoms with E-state index in [1.165, 1.54) is 0 Å². The van der Waals surface area contributed by atoms with Gasteiger partial charge in [0.15, 0.2) is 0 Å². The number of rotatable bonds is 0. The van der Waals surface area contributed by atoms with Crippen molar-refractivity contribution in [3.05, 3.63) is 0 Å². The Kier molecular flexibility index (Phi) is 1.91. The molecule has 0 heterocycles. The Balaban J connectivity index is 4.69. The zero-order chi connectivity index (χ0) is 5.45. The van der Waals surface area contributed by atoms with Crippen LogP contribution >= 0.6 is 42.3 Å². The van der Waals surface area contributed by atoms with Crippen LogP contribution < -0.4 is 0 Å². The summed E-state index contributed by atoms with van der Waals surface area (Å²) < 4.78 is 20.1. The van der Waals surface area contributed by atoms with Crippen molar-refractivity contribution in [2.75, 3.05) is 0 Å². The summed E-state index contributed by atoms with van der Waals surface area (Å²) in [5, 5.41) is 0. The molecule has 0 amide bonds. The molecule has 0 unspecified atom stereocenters. The molecule has 0 spiro atoms. The molecule has 2 nitrogen and oxygen atoms in total. The maximum atomic E-state index is 10.0. The molecule has 0 saturated heterocycles. The van der Waals surface area contributed by atoms with Crippen molar-refractivity contribution < 1.29 is 13.9 Å². The minimum absolute atomic E-state index is 2.36. The molecule has 6 heavy (non-hydrogen) atoms. The molecule has 0 fully saturated rings. The van der Waals surface area contributed by atoms with Crippen molar-refractivity contribution in [1.29, 1.82) is 0 Å². The SMILES string of the molecule is [O]=[Mn](=[O])([Br])([Br])[Br]. The second-order valence-electron chi connectivity index (χ2n) is 0.575. The molecule has 0 rings (SSSR count). The fourth-order valence-corrected chi connectivity index (χ4v) is 0. The van der Waals surface area contributed by atoms with Gasteiger partial charge in [-0.2, -0.15) is 0 Å². The van der Waals surface area contributed by atoms with E-state index in [-0.39, 0.29) is 0 Å². The molecule has 0 N–H and O–H groups in total. The fraction of sp³-hybridized carbons (Fsp3) is 0. The van der Waals surface area contributed by atoms with E-state index >= 15 is 0 Å². The summed E-state index contributed by atoms with van der Waals surface area (Å²) in [5.74, 6) is 0. The average molecular weight is 327 g/mol. The first-order chi connectivity index (χ1) is 2.24. The molecular weight excluding hydrogens is 327 g/mol. The molecule has 0 aromatic carbocycles. The Labute approximate surface area is 55.7 Å². The molecule has 6 heteroatoms. The van der Waals surface area contributed by atoms with Gasteiger partial charge in [0.05, 0.1) is 0 Å². The van der Waals surface area contributed by atoms with Gasteiger partial charge in [-0.1, -0.05) is 0 Å². The van der Waals surface area contributed by atoms with Crippen molar-refractivity contribution in [2.45, 2.75) is 0 Å². The van der Waals surface area contributed by atoms with Gasteiger partial charge in [-0.3, -0.25) is 0 Å². The summed E-state index contributed by atoms with van der Waals surface area (Å²) in [6.07, 6.45) is -4.32. The van der Waals surface area contributed by atoms with Crippen LogP contribution in [0.15, 0.2) is 0 Å². The fourth-order valence-electron chi connectivity index (χ4n) is 0. The zero-order valence-corrected chi connectivity index (χ0v) is 8.27. The zero-order valence-electron chi connectivity index (χ0n) is 2.33. The molecule has 0 saturated carbocycles. The van der Waals surface area contributed by atoms with Gasteiger partial charge in [-0.25, -0.2) is 0 Å². The van der Waals surface area contributed by atoms with Gasteiger partial charge >= 0.3 is 56.2 Å². The van der Waals surface area contributed by atoms with Crippen LogP contribution in [-0.2, 0) is 13.9 Å². The van der Waals surface area contributed by atoms with Gasteiger partial charge in [0.25, 0.3) is 0 Å². The first-order valence-electron chi connectivity index (χ1n) is 0.737. The van der Waals surface area contributed by atoms with Crippen molar-refractivity contribution in [3.8, 4) is 0 Å². The third-order valence-corrected chi connectivity index (χ3v) is 0. The van der Waals surface area contributed by atoms with Crippen LogP contribution in [-0.4, -0.2) is 0 Å². The average Bonchev–Trinajstić information content (AvgIpc) is 0.650. The molecule has 0 aliphatic rings. The van der Waals surface area contributed by atoms with E-state index in [0.717, 1.165) is 0 Å². The van der Waals surface area contributed by atoms with Crippen molar-refractivity contribution in [2.24, 2.45) is 0 Å². The van der Waals surface area contributed by atoms with E-state index < -0.39 is 6.23 Å². The van der Waals surface area contributed by atoms with Crippen molar-refractivity contribution in [1.82, 2.24) is 0 Å². The predicted octanol–water partition coefficient (Wildman–Crippen LogP) is 2.30. The van der Waals surface area contributed by atoms with Crippen molar-refractivity contribution in [3.63, 3.8) is 0 Å². The molecular formula is Br3MnO2. The summed E-state index contributed by atoms with van der Waals surface area (Å²) in [5.41, 5.74) is 0. The van der Waals surface area contributed by atoms with Gasteiger partial charge < -0.3 is 0 Å². The monoisotopic (exact) mass is 324 g/mol. The molecule has 0 aromatic heterocycles. The summed E-state index contributed by atoms with van der Waals surface area (Å²) in [7, 11) is 0.